The first-order valence-electron chi connectivity index (χ1n) is 10.6. The highest BCUT2D eigenvalue weighted by atomic mass is 35.5. The summed E-state index contributed by atoms with van der Waals surface area (Å²) in [4.78, 5) is 22.6. The van der Waals surface area contributed by atoms with Crippen molar-refractivity contribution in [2.75, 3.05) is 13.1 Å². The van der Waals surface area contributed by atoms with Crippen LogP contribution in [0.3, 0.4) is 0 Å². The Labute approximate surface area is 214 Å². The molecule has 0 bridgehead atoms. The van der Waals surface area contributed by atoms with Gasteiger partial charge in [0.15, 0.2) is 0 Å². The van der Waals surface area contributed by atoms with Crippen molar-refractivity contribution in [2.45, 2.75) is 25.1 Å². The molecule has 0 spiro atoms. The second-order valence-corrected chi connectivity index (χ2v) is 9.43. The molecule has 1 aliphatic rings. The Balaban J connectivity index is 1.59. The van der Waals surface area contributed by atoms with Gasteiger partial charge in [0.05, 0.1) is 15.6 Å². The lowest BCUT2D eigenvalue weighted by Gasteiger charge is -2.25. The number of pyridine rings is 2. The monoisotopic (exact) mass is 543 g/mol. The number of hydrogen-bond donors (Lipinski definition) is 0. The molecular weight excluding hydrogens is 526 g/mol. The summed E-state index contributed by atoms with van der Waals surface area (Å²) in [5, 5.41) is 0.992. The lowest BCUT2D eigenvalue weighted by Crippen LogP contribution is -2.32. The number of halogens is 6. The van der Waals surface area contributed by atoms with Gasteiger partial charge in [-0.2, -0.15) is 13.2 Å². The highest BCUT2D eigenvalue weighted by Crippen LogP contribution is 2.39. The summed E-state index contributed by atoms with van der Waals surface area (Å²) in [5.41, 5.74) is 0.402. The number of likely N-dealkylation sites (tertiary alicyclic amines) is 1. The van der Waals surface area contributed by atoms with Gasteiger partial charge in [0.25, 0.3) is 5.91 Å². The van der Waals surface area contributed by atoms with Gasteiger partial charge >= 0.3 is 6.18 Å². The summed E-state index contributed by atoms with van der Waals surface area (Å²) in [6.07, 6.45) is -2.78. The maximum atomic E-state index is 13.2. The molecule has 0 N–H and O–H groups in total. The van der Waals surface area contributed by atoms with Crippen LogP contribution < -0.4 is 4.74 Å². The number of nitrogens with zero attached hydrogens (tertiary/aromatic N) is 3. The van der Waals surface area contributed by atoms with Crippen LogP contribution in [0, 0.1) is 5.92 Å². The van der Waals surface area contributed by atoms with Crippen molar-refractivity contribution in [2.24, 2.45) is 5.92 Å². The number of aromatic nitrogens is 2. The molecule has 5 nitrogen and oxygen atoms in total. The van der Waals surface area contributed by atoms with Crippen molar-refractivity contribution in [1.29, 1.82) is 0 Å². The van der Waals surface area contributed by atoms with Crippen molar-refractivity contribution in [3.63, 3.8) is 0 Å². The fourth-order valence-electron chi connectivity index (χ4n) is 4.18. The first-order valence-corrected chi connectivity index (χ1v) is 11.7. The molecular formula is C24H19Cl3F3N3O2. The number of rotatable bonds is 5. The third-order valence-electron chi connectivity index (χ3n) is 5.97. The number of ether oxygens (including phenoxy) is 1. The molecule has 0 unspecified atom stereocenters. The molecule has 11 heteroatoms. The summed E-state index contributed by atoms with van der Waals surface area (Å²) in [6, 6.07) is 10.5. The predicted octanol–water partition coefficient (Wildman–Crippen LogP) is 6.78. The molecule has 0 radical (unpaired) electrons. The topological polar surface area (TPSA) is 55.3 Å². The van der Waals surface area contributed by atoms with Gasteiger partial charge in [-0.1, -0.05) is 40.9 Å². The largest absolute Gasteiger partial charge is 0.474 e. The van der Waals surface area contributed by atoms with Crippen molar-refractivity contribution >= 4 is 40.7 Å². The maximum absolute atomic E-state index is 13.2. The number of benzene rings is 1. The van der Waals surface area contributed by atoms with E-state index in [2.05, 4.69) is 9.97 Å². The Hall–Kier alpha value is -2.55. The van der Waals surface area contributed by atoms with E-state index >= 15 is 0 Å². The second kappa shape index (κ2) is 10.2. The molecule has 1 aromatic carbocycles. The minimum Gasteiger partial charge on any atom is -0.474 e. The summed E-state index contributed by atoms with van der Waals surface area (Å²) >= 11 is 18.3. The molecule has 1 saturated heterocycles. The molecule has 35 heavy (non-hydrogen) atoms. The zero-order valence-corrected chi connectivity index (χ0v) is 20.5. The van der Waals surface area contributed by atoms with E-state index < -0.39 is 17.8 Å². The molecule has 0 aliphatic carbocycles. The van der Waals surface area contributed by atoms with Gasteiger partial charge in [0, 0.05) is 48.9 Å². The Kier molecular flexibility index (Phi) is 7.45. The van der Waals surface area contributed by atoms with Gasteiger partial charge < -0.3 is 9.64 Å². The zero-order chi connectivity index (χ0) is 25.3. The minimum atomic E-state index is -4.49. The minimum absolute atomic E-state index is 0.0593. The molecule has 1 fully saturated rings. The van der Waals surface area contributed by atoms with Crippen LogP contribution in [0.1, 0.15) is 34.3 Å². The van der Waals surface area contributed by atoms with Crippen LogP contribution in [0.15, 0.2) is 54.9 Å². The van der Waals surface area contributed by atoms with E-state index in [1.54, 1.807) is 30.0 Å². The van der Waals surface area contributed by atoms with Gasteiger partial charge in [0.2, 0.25) is 5.88 Å². The zero-order valence-electron chi connectivity index (χ0n) is 18.3. The lowest BCUT2D eigenvalue weighted by atomic mass is 9.86. The molecule has 1 amide bonds. The average molecular weight is 545 g/mol. The van der Waals surface area contributed by atoms with Gasteiger partial charge in [-0.15, -0.1) is 0 Å². The van der Waals surface area contributed by atoms with Crippen LogP contribution in [-0.4, -0.2) is 40.0 Å². The summed E-state index contributed by atoms with van der Waals surface area (Å²) in [6.45, 7) is 2.51. The molecule has 3 atom stereocenters. The van der Waals surface area contributed by atoms with Crippen LogP contribution in [-0.2, 0) is 6.18 Å². The quantitative estimate of drug-likeness (QED) is 0.332. The Morgan fingerprint density at radius 2 is 1.83 bits per heavy atom. The Morgan fingerprint density at radius 3 is 2.46 bits per heavy atom. The molecule has 3 heterocycles. The molecule has 1 aliphatic heterocycles. The third kappa shape index (κ3) is 5.82. The first kappa shape index (κ1) is 25.5. The second-order valence-electron chi connectivity index (χ2n) is 8.23. The smallest absolute Gasteiger partial charge is 0.417 e. The van der Waals surface area contributed by atoms with E-state index in [0.717, 1.165) is 17.8 Å². The molecule has 184 valence electrons. The van der Waals surface area contributed by atoms with Gasteiger partial charge in [-0.05, 0) is 42.8 Å². The summed E-state index contributed by atoms with van der Waals surface area (Å²) in [7, 11) is 0. The first-order chi connectivity index (χ1) is 16.5. The van der Waals surface area contributed by atoms with E-state index in [1.165, 1.54) is 18.3 Å². The normalized spacial score (nSPS) is 19.0. The number of carbonyl (C=O) groups is 1. The third-order valence-corrected chi connectivity index (χ3v) is 6.92. The molecule has 2 aromatic heterocycles. The molecule has 3 aromatic rings. The number of alkyl halides is 3. The van der Waals surface area contributed by atoms with Gasteiger partial charge in [0.1, 0.15) is 11.3 Å². The van der Waals surface area contributed by atoms with Crippen LogP contribution in [0.2, 0.25) is 15.2 Å². The van der Waals surface area contributed by atoms with Gasteiger partial charge in [-0.3, -0.25) is 4.79 Å². The molecule has 0 saturated carbocycles. The average Bonchev–Trinajstić information content (AvgIpc) is 3.26. The van der Waals surface area contributed by atoms with Crippen molar-refractivity contribution in [3.05, 3.63) is 86.7 Å². The highest BCUT2D eigenvalue weighted by Gasteiger charge is 2.41. The van der Waals surface area contributed by atoms with Crippen LogP contribution in [0.25, 0.3) is 0 Å². The van der Waals surface area contributed by atoms with E-state index in [1.807, 2.05) is 6.07 Å². The Bertz CT molecular complexity index is 1220. The molecule has 4 rings (SSSR count). The number of amides is 1. The van der Waals surface area contributed by atoms with Crippen molar-refractivity contribution in [3.8, 4) is 5.88 Å². The maximum Gasteiger partial charge on any atom is 0.417 e. The standard InChI is InChI=1S/C24H19Cl3F3N3O2/c1-13(35-22-5-3-16(10-32-22)24(28,29)30)17-11-33(23(34)15-6-7-31-21(27)9-15)12-18(17)14-2-4-19(25)20(26)8-14/h2-10,13,17-18H,11-12H2,1H3/t13-,17+,18+/m0/s1. The van der Waals surface area contributed by atoms with E-state index in [9.17, 15) is 18.0 Å². The summed E-state index contributed by atoms with van der Waals surface area (Å²) < 4.78 is 44.5. The lowest BCUT2D eigenvalue weighted by molar-refractivity contribution is -0.137. The van der Waals surface area contributed by atoms with E-state index in [-0.39, 0.29) is 28.8 Å². The van der Waals surface area contributed by atoms with Crippen LogP contribution in [0.4, 0.5) is 13.2 Å². The van der Waals surface area contributed by atoms with Gasteiger partial charge in [-0.25, -0.2) is 9.97 Å². The van der Waals surface area contributed by atoms with E-state index in [4.69, 9.17) is 39.5 Å². The SMILES string of the molecule is C[C@H](Oc1ccc(C(F)(F)F)cn1)[C@H]1CN(C(=O)c2ccnc(Cl)c2)C[C@@H]1c1ccc(Cl)c(Cl)c1. The van der Waals surface area contributed by atoms with Crippen molar-refractivity contribution < 1.29 is 22.7 Å². The van der Waals surface area contributed by atoms with E-state index in [0.29, 0.717) is 28.7 Å². The highest BCUT2D eigenvalue weighted by molar-refractivity contribution is 6.42. The predicted molar refractivity (Wildman–Crippen MR) is 127 cm³/mol. The fourth-order valence-corrected chi connectivity index (χ4v) is 4.66. The number of carbonyl (C=O) groups excluding carboxylic acids is 1. The van der Waals surface area contributed by atoms with Crippen LogP contribution in [0.5, 0.6) is 5.88 Å². The summed E-state index contributed by atoms with van der Waals surface area (Å²) in [5.74, 6) is -0.543. The number of hydrogen-bond acceptors (Lipinski definition) is 4. The van der Waals surface area contributed by atoms with Crippen LogP contribution >= 0.6 is 34.8 Å². The fraction of sp³-hybridized carbons (Fsp3) is 0.292. The van der Waals surface area contributed by atoms with Crippen molar-refractivity contribution in [1.82, 2.24) is 14.9 Å². The Morgan fingerprint density at radius 1 is 1.06 bits per heavy atom.